The first-order valence-electron chi connectivity index (χ1n) is 9.71. The topological polar surface area (TPSA) is 60.9 Å². The molecule has 2 aromatic carbocycles. The first-order valence-corrected chi connectivity index (χ1v) is 11.2. The van der Waals surface area contributed by atoms with Crippen molar-refractivity contribution in [2.45, 2.75) is 24.8 Å². The number of anilines is 1. The molecular weight excluding hydrogens is 393 g/mol. The van der Waals surface area contributed by atoms with E-state index in [1.54, 1.807) is 4.90 Å². The van der Waals surface area contributed by atoms with E-state index < -0.39 is 15.8 Å². The van der Waals surface area contributed by atoms with E-state index in [4.69, 9.17) is 0 Å². The fourth-order valence-corrected chi connectivity index (χ4v) is 5.07. The monoisotopic (exact) mass is 419 g/mol. The SMILES string of the molecule is CCN(C(=O)[C@@H](C)N1CCN(S(=O)(=O)c2ccccc2F)CC1)c1ccccc1. The molecule has 8 heteroatoms. The molecule has 0 aromatic heterocycles. The molecule has 0 N–H and O–H groups in total. The molecule has 1 aliphatic heterocycles. The largest absolute Gasteiger partial charge is 0.311 e. The molecule has 6 nitrogen and oxygen atoms in total. The minimum absolute atomic E-state index is 0.0240. The smallest absolute Gasteiger partial charge is 0.246 e. The van der Waals surface area contributed by atoms with Crippen molar-refractivity contribution in [1.29, 1.82) is 0 Å². The van der Waals surface area contributed by atoms with E-state index in [1.807, 2.05) is 49.1 Å². The lowest BCUT2D eigenvalue weighted by Gasteiger charge is -2.38. The normalized spacial score (nSPS) is 17.1. The Morgan fingerprint density at radius 2 is 1.62 bits per heavy atom. The molecule has 1 amide bonds. The maximum atomic E-state index is 14.0. The highest BCUT2D eigenvalue weighted by Crippen LogP contribution is 2.22. The third kappa shape index (κ3) is 4.49. The number of sulfonamides is 1. The Morgan fingerprint density at radius 1 is 1.03 bits per heavy atom. The van der Waals surface area contributed by atoms with Crippen molar-refractivity contribution < 1.29 is 17.6 Å². The summed E-state index contributed by atoms with van der Waals surface area (Å²) in [5, 5.41) is 0. The lowest BCUT2D eigenvalue weighted by molar-refractivity contribution is -0.123. The van der Waals surface area contributed by atoms with Gasteiger partial charge in [-0.25, -0.2) is 12.8 Å². The Bertz CT molecular complexity index is 945. The average molecular weight is 420 g/mol. The highest BCUT2D eigenvalue weighted by molar-refractivity contribution is 7.89. The molecule has 1 heterocycles. The van der Waals surface area contributed by atoms with Gasteiger partial charge in [-0.1, -0.05) is 30.3 Å². The van der Waals surface area contributed by atoms with Crippen LogP contribution in [0.5, 0.6) is 0 Å². The van der Waals surface area contributed by atoms with Gasteiger partial charge in [-0.3, -0.25) is 9.69 Å². The van der Waals surface area contributed by atoms with Gasteiger partial charge < -0.3 is 4.90 Å². The van der Waals surface area contributed by atoms with Crippen LogP contribution in [-0.2, 0) is 14.8 Å². The second-order valence-corrected chi connectivity index (χ2v) is 8.87. The van der Waals surface area contributed by atoms with Crippen molar-refractivity contribution in [3.8, 4) is 0 Å². The van der Waals surface area contributed by atoms with Gasteiger partial charge in [-0.15, -0.1) is 0 Å². The summed E-state index contributed by atoms with van der Waals surface area (Å²) >= 11 is 0. The third-order valence-corrected chi connectivity index (χ3v) is 7.21. The standard InChI is InChI=1S/C21H26FN3O3S/c1-3-25(18-9-5-4-6-10-18)21(26)17(2)23-13-15-24(16-14-23)29(27,28)20-12-8-7-11-19(20)22/h4-12,17H,3,13-16H2,1-2H3/t17-/m1/s1. The Morgan fingerprint density at radius 3 is 2.21 bits per heavy atom. The molecule has 1 aliphatic rings. The van der Waals surface area contributed by atoms with Gasteiger partial charge in [0.05, 0.1) is 6.04 Å². The second-order valence-electron chi connectivity index (χ2n) is 6.96. The number of hydrogen-bond donors (Lipinski definition) is 0. The number of halogens is 1. The Kier molecular flexibility index (Phi) is 6.66. The van der Waals surface area contributed by atoms with Crippen LogP contribution in [0.15, 0.2) is 59.5 Å². The molecule has 156 valence electrons. The van der Waals surface area contributed by atoms with E-state index in [9.17, 15) is 17.6 Å². The summed E-state index contributed by atoms with van der Waals surface area (Å²) in [7, 11) is -3.89. The Balaban J connectivity index is 1.67. The van der Waals surface area contributed by atoms with Gasteiger partial charge in [0.2, 0.25) is 15.9 Å². The summed E-state index contributed by atoms with van der Waals surface area (Å²) in [4.78, 5) is 16.4. The Labute approximate surface area is 171 Å². The van der Waals surface area contributed by atoms with Crippen molar-refractivity contribution in [3.63, 3.8) is 0 Å². The van der Waals surface area contributed by atoms with Gasteiger partial charge in [0.25, 0.3) is 0 Å². The van der Waals surface area contributed by atoms with Crippen molar-refractivity contribution in [2.24, 2.45) is 0 Å². The zero-order chi connectivity index (χ0) is 21.0. The molecule has 1 atom stereocenters. The van der Waals surface area contributed by atoms with Crippen molar-refractivity contribution in [1.82, 2.24) is 9.21 Å². The zero-order valence-electron chi connectivity index (χ0n) is 16.7. The molecule has 3 rings (SSSR count). The number of carbonyl (C=O) groups excluding carboxylic acids is 1. The molecule has 1 saturated heterocycles. The number of amides is 1. The number of piperazine rings is 1. The lowest BCUT2D eigenvalue weighted by atomic mass is 10.2. The van der Waals surface area contributed by atoms with Crippen LogP contribution in [-0.4, -0.2) is 62.3 Å². The Hall–Kier alpha value is -2.29. The highest BCUT2D eigenvalue weighted by Gasteiger charge is 2.34. The van der Waals surface area contributed by atoms with Gasteiger partial charge in [0.15, 0.2) is 0 Å². The van der Waals surface area contributed by atoms with Crippen LogP contribution in [0.2, 0.25) is 0 Å². The number of nitrogens with zero attached hydrogens (tertiary/aromatic N) is 3. The van der Waals surface area contributed by atoms with E-state index in [0.717, 1.165) is 11.8 Å². The molecule has 1 fully saturated rings. The van der Waals surface area contributed by atoms with E-state index >= 15 is 0 Å². The summed E-state index contributed by atoms with van der Waals surface area (Å²) in [6.07, 6.45) is 0. The third-order valence-electron chi connectivity index (χ3n) is 5.28. The van der Waals surface area contributed by atoms with E-state index in [2.05, 4.69) is 0 Å². The predicted octanol–water partition coefficient (Wildman–Crippen LogP) is 2.57. The number of hydrogen-bond acceptors (Lipinski definition) is 4. The molecule has 29 heavy (non-hydrogen) atoms. The van der Waals surface area contributed by atoms with E-state index in [1.165, 1.54) is 22.5 Å². The summed E-state index contributed by atoms with van der Waals surface area (Å²) in [6, 6.07) is 14.5. The van der Waals surface area contributed by atoms with Gasteiger partial charge in [-0.2, -0.15) is 4.31 Å². The van der Waals surface area contributed by atoms with E-state index in [0.29, 0.717) is 19.6 Å². The van der Waals surface area contributed by atoms with Crippen molar-refractivity contribution in [2.75, 3.05) is 37.6 Å². The minimum atomic E-state index is -3.89. The quantitative estimate of drug-likeness (QED) is 0.722. The predicted molar refractivity (Wildman–Crippen MR) is 111 cm³/mol. The average Bonchev–Trinajstić information content (AvgIpc) is 2.74. The van der Waals surface area contributed by atoms with Crippen LogP contribution in [0.1, 0.15) is 13.8 Å². The fraction of sp³-hybridized carbons (Fsp3) is 0.381. The lowest BCUT2D eigenvalue weighted by Crippen LogP contribution is -2.55. The van der Waals surface area contributed by atoms with Gasteiger partial charge in [0.1, 0.15) is 10.7 Å². The highest BCUT2D eigenvalue weighted by atomic mass is 32.2. The van der Waals surface area contributed by atoms with Gasteiger partial charge in [0, 0.05) is 38.4 Å². The molecule has 0 saturated carbocycles. The number of likely N-dealkylation sites (N-methyl/N-ethyl adjacent to an activating group) is 1. The first-order chi connectivity index (χ1) is 13.9. The maximum Gasteiger partial charge on any atom is 0.246 e. The molecule has 0 unspecified atom stereocenters. The summed E-state index contributed by atoms with van der Waals surface area (Å²) < 4.78 is 40.8. The van der Waals surface area contributed by atoms with Crippen LogP contribution >= 0.6 is 0 Å². The van der Waals surface area contributed by atoms with Crippen LogP contribution in [0, 0.1) is 5.82 Å². The maximum absolute atomic E-state index is 14.0. The van der Waals surface area contributed by atoms with Crippen LogP contribution < -0.4 is 4.90 Å². The fourth-order valence-electron chi connectivity index (χ4n) is 3.58. The number of rotatable bonds is 6. The molecule has 0 spiro atoms. The molecule has 0 bridgehead atoms. The summed E-state index contributed by atoms with van der Waals surface area (Å²) in [6.45, 7) is 5.57. The van der Waals surface area contributed by atoms with Crippen LogP contribution in [0.4, 0.5) is 10.1 Å². The van der Waals surface area contributed by atoms with Crippen LogP contribution in [0.25, 0.3) is 0 Å². The number of benzene rings is 2. The molecule has 2 aromatic rings. The van der Waals surface area contributed by atoms with Gasteiger partial charge >= 0.3 is 0 Å². The van der Waals surface area contributed by atoms with Crippen molar-refractivity contribution in [3.05, 3.63) is 60.4 Å². The number of para-hydroxylation sites is 1. The minimum Gasteiger partial charge on any atom is -0.311 e. The van der Waals surface area contributed by atoms with Crippen molar-refractivity contribution >= 4 is 21.6 Å². The molecule has 0 aliphatic carbocycles. The number of carbonyl (C=O) groups is 1. The summed E-state index contributed by atoms with van der Waals surface area (Å²) in [5.41, 5.74) is 0.840. The molecular formula is C21H26FN3O3S. The van der Waals surface area contributed by atoms with E-state index in [-0.39, 0.29) is 29.9 Å². The zero-order valence-corrected chi connectivity index (χ0v) is 17.5. The van der Waals surface area contributed by atoms with Gasteiger partial charge in [-0.05, 0) is 38.1 Å². The first kappa shape index (κ1) is 21.4. The second kappa shape index (κ2) is 9.02. The summed E-state index contributed by atoms with van der Waals surface area (Å²) in [5.74, 6) is -0.774. The van der Waals surface area contributed by atoms with Crippen LogP contribution in [0.3, 0.4) is 0 Å². The molecule has 0 radical (unpaired) electrons.